The summed E-state index contributed by atoms with van der Waals surface area (Å²) in [6.07, 6.45) is 17.6. The van der Waals surface area contributed by atoms with Crippen LogP contribution in [0.25, 0.3) is 11.4 Å². The van der Waals surface area contributed by atoms with E-state index < -0.39 is 5.97 Å². The van der Waals surface area contributed by atoms with Crippen molar-refractivity contribution in [2.24, 2.45) is 0 Å². The Morgan fingerprint density at radius 3 is 2.34 bits per heavy atom. The van der Waals surface area contributed by atoms with Gasteiger partial charge in [0.25, 0.3) is 0 Å². The van der Waals surface area contributed by atoms with E-state index in [-0.39, 0.29) is 12.1 Å². The molecule has 0 fully saturated rings. The number of nitrogens with zero attached hydrogens (tertiary/aromatic N) is 2. The number of rotatable bonds is 16. The van der Waals surface area contributed by atoms with E-state index in [4.69, 9.17) is 9.47 Å². The Kier molecular flexibility index (Phi) is 13.4. The number of allylic oxidation sites excluding steroid dienone is 1. The minimum atomic E-state index is -0.405. The van der Waals surface area contributed by atoms with Gasteiger partial charge in [0, 0.05) is 18.1 Å². The van der Waals surface area contributed by atoms with E-state index in [9.17, 15) is 9.59 Å². The Morgan fingerprint density at radius 2 is 1.66 bits per heavy atom. The van der Waals surface area contributed by atoms with E-state index in [0.717, 1.165) is 44.1 Å². The molecule has 6 heteroatoms. The lowest BCUT2D eigenvalue weighted by Gasteiger charge is -2.12. The van der Waals surface area contributed by atoms with Crippen LogP contribution in [0.2, 0.25) is 0 Å². The fourth-order valence-electron chi connectivity index (χ4n) is 3.66. The molecule has 35 heavy (non-hydrogen) atoms. The molecule has 1 heterocycles. The quantitative estimate of drug-likeness (QED) is 0.146. The zero-order chi connectivity index (χ0) is 25.3. The van der Waals surface area contributed by atoms with Gasteiger partial charge in [-0.3, -0.25) is 4.79 Å². The largest absolute Gasteiger partial charge is 0.463 e. The summed E-state index contributed by atoms with van der Waals surface area (Å²) < 4.78 is 10.6. The summed E-state index contributed by atoms with van der Waals surface area (Å²) in [6, 6.07) is 8.18. The number of hydrogen-bond acceptors (Lipinski definition) is 6. The van der Waals surface area contributed by atoms with E-state index in [0.29, 0.717) is 18.0 Å². The van der Waals surface area contributed by atoms with Crippen LogP contribution in [0.3, 0.4) is 0 Å². The molecule has 1 aromatic carbocycles. The monoisotopic (exact) mass is 480 g/mol. The van der Waals surface area contributed by atoms with E-state index in [1.165, 1.54) is 49.7 Å². The second-order valence-electron chi connectivity index (χ2n) is 8.87. The summed E-state index contributed by atoms with van der Waals surface area (Å²) in [5.41, 5.74) is 2.16. The minimum Gasteiger partial charge on any atom is -0.463 e. The van der Waals surface area contributed by atoms with Crippen molar-refractivity contribution >= 4 is 11.9 Å². The third-order valence-electron chi connectivity index (χ3n) is 5.73. The van der Waals surface area contributed by atoms with Gasteiger partial charge in [-0.05, 0) is 51.0 Å². The third kappa shape index (κ3) is 11.8. The van der Waals surface area contributed by atoms with E-state index in [2.05, 4.69) is 29.0 Å². The molecule has 0 aliphatic carbocycles. The lowest BCUT2D eigenvalue weighted by Crippen LogP contribution is -2.13. The molecule has 0 spiro atoms. The summed E-state index contributed by atoms with van der Waals surface area (Å²) in [7, 11) is 0. The molecule has 1 unspecified atom stereocenters. The van der Waals surface area contributed by atoms with E-state index >= 15 is 0 Å². The van der Waals surface area contributed by atoms with Crippen molar-refractivity contribution in [1.82, 2.24) is 9.97 Å². The summed E-state index contributed by atoms with van der Waals surface area (Å²) in [4.78, 5) is 32.0. The standard InChI is InChI=1S/C29H40N2O4/c1-4-6-7-8-9-10-11-16-28(33)35-26-21-30-29(31-22-26)25-19-17-24(18-20-25)15-13-12-14-23(3)34-27(32)5-2/h11,16-23H,4-10,12-15H2,1-3H3. The average molecular weight is 481 g/mol. The van der Waals surface area contributed by atoms with Crippen LogP contribution in [-0.2, 0) is 20.7 Å². The third-order valence-corrected chi connectivity index (χ3v) is 5.73. The second kappa shape index (κ2) is 16.6. The van der Waals surface area contributed by atoms with Crippen molar-refractivity contribution in [1.29, 1.82) is 0 Å². The van der Waals surface area contributed by atoms with Gasteiger partial charge >= 0.3 is 11.9 Å². The summed E-state index contributed by atoms with van der Waals surface area (Å²) in [5.74, 6) is 0.381. The smallest absolute Gasteiger partial charge is 0.335 e. The molecule has 2 aromatic rings. The number of ether oxygens (including phenoxy) is 2. The number of aromatic nitrogens is 2. The van der Waals surface area contributed by atoms with Gasteiger partial charge in [0.1, 0.15) is 0 Å². The lowest BCUT2D eigenvalue weighted by atomic mass is 10.0. The van der Waals surface area contributed by atoms with Crippen LogP contribution in [0, 0.1) is 0 Å². The Hall–Kier alpha value is -3.02. The van der Waals surface area contributed by atoms with E-state index in [1.807, 2.05) is 32.1 Å². The topological polar surface area (TPSA) is 78.4 Å². The first-order valence-electron chi connectivity index (χ1n) is 13.0. The summed E-state index contributed by atoms with van der Waals surface area (Å²) in [5, 5.41) is 0. The molecule has 0 aliphatic heterocycles. The van der Waals surface area contributed by atoms with E-state index in [1.54, 1.807) is 0 Å². The van der Waals surface area contributed by atoms with Gasteiger partial charge in [-0.1, -0.05) is 69.9 Å². The van der Waals surface area contributed by atoms with Gasteiger partial charge < -0.3 is 9.47 Å². The Bertz CT molecular complexity index is 907. The number of benzene rings is 1. The molecule has 2 rings (SSSR count). The van der Waals surface area contributed by atoms with Crippen LogP contribution < -0.4 is 4.74 Å². The van der Waals surface area contributed by atoms with Gasteiger partial charge in [0.05, 0.1) is 18.5 Å². The van der Waals surface area contributed by atoms with Gasteiger partial charge in [-0.2, -0.15) is 0 Å². The average Bonchev–Trinajstić information content (AvgIpc) is 2.87. The maximum absolute atomic E-state index is 12.0. The van der Waals surface area contributed by atoms with Crippen molar-refractivity contribution in [2.45, 2.75) is 97.5 Å². The zero-order valence-corrected chi connectivity index (χ0v) is 21.5. The predicted octanol–water partition coefficient (Wildman–Crippen LogP) is 7.02. The highest BCUT2D eigenvalue weighted by molar-refractivity contribution is 5.83. The molecule has 1 aromatic heterocycles. The number of hydrogen-bond donors (Lipinski definition) is 0. The van der Waals surface area contributed by atoms with Crippen molar-refractivity contribution < 1.29 is 19.1 Å². The first-order valence-corrected chi connectivity index (χ1v) is 13.0. The van der Waals surface area contributed by atoms with Crippen LogP contribution in [0.4, 0.5) is 0 Å². The molecule has 6 nitrogen and oxygen atoms in total. The highest BCUT2D eigenvalue weighted by Gasteiger charge is 2.08. The fraction of sp³-hybridized carbons (Fsp3) is 0.517. The van der Waals surface area contributed by atoms with Crippen LogP contribution in [0.1, 0.15) is 90.5 Å². The van der Waals surface area contributed by atoms with Gasteiger partial charge in [0.15, 0.2) is 11.6 Å². The number of carbonyl (C=O) groups is 2. The Balaban J connectivity index is 1.72. The summed E-state index contributed by atoms with van der Waals surface area (Å²) >= 11 is 0. The summed E-state index contributed by atoms with van der Waals surface area (Å²) in [6.45, 7) is 5.95. The Labute approximate surface area is 210 Å². The highest BCUT2D eigenvalue weighted by atomic mass is 16.5. The molecular formula is C29H40N2O4. The Morgan fingerprint density at radius 1 is 0.943 bits per heavy atom. The van der Waals surface area contributed by atoms with Crippen molar-refractivity contribution in [2.75, 3.05) is 0 Å². The molecule has 0 saturated carbocycles. The first kappa shape index (κ1) is 28.2. The molecule has 0 bridgehead atoms. The molecule has 0 aliphatic rings. The molecule has 0 N–H and O–H groups in total. The molecule has 0 amide bonds. The molecule has 190 valence electrons. The lowest BCUT2D eigenvalue weighted by molar-refractivity contribution is -0.148. The van der Waals surface area contributed by atoms with Crippen molar-refractivity contribution in [3.63, 3.8) is 0 Å². The van der Waals surface area contributed by atoms with Crippen LogP contribution in [-0.4, -0.2) is 28.0 Å². The van der Waals surface area contributed by atoms with Crippen LogP contribution in [0.5, 0.6) is 5.75 Å². The van der Waals surface area contributed by atoms with Gasteiger partial charge in [-0.25, -0.2) is 14.8 Å². The number of unbranched alkanes of at least 4 members (excludes halogenated alkanes) is 6. The van der Waals surface area contributed by atoms with Crippen molar-refractivity contribution in [3.8, 4) is 17.1 Å². The van der Waals surface area contributed by atoms with Crippen LogP contribution >= 0.6 is 0 Å². The molecule has 1 atom stereocenters. The maximum Gasteiger partial charge on any atom is 0.335 e. The minimum absolute atomic E-state index is 0.0273. The van der Waals surface area contributed by atoms with Gasteiger partial charge in [-0.15, -0.1) is 0 Å². The number of esters is 2. The molecule has 0 saturated heterocycles. The van der Waals surface area contributed by atoms with Crippen molar-refractivity contribution in [3.05, 3.63) is 54.4 Å². The zero-order valence-electron chi connectivity index (χ0n) is 21.5. The second-order valence-corrected chi connectivity index (χ2v) is 8.87. The highest BCUT2D eigenvalue weighted by Crippen LogP contribution is 2.19. The number of carbonyl (C=O) groups excluding carboxylic acids is 2. The van der Waals surface area contributed by atoms with Crippen LogP contribution in [0.15, 0.2) is 48.8 Å². The fourth-order valence-corrected chi connectivity index (χ4v) is 3.66. The number of aryl methyl sites for hydroxylation is 1. The normalized spacial score (nSPS) is 12.0. The first-order chi connectivity index (χ1) is 17.0. The van der Waals surface area contributed by atoms with Gasteiger partial charge in [0.2, 0.25) is 0 Å². The maximum atomic E-state index is 12.0. The molecule has 0 radical (unpaired) electrons. The predicted molar refractivity (Wildman–Crippen MR) is 139 cm³/mol. The SMILES string of the molecule is CCCCCCCC=CC(=O)Oc1cnc(-c2ccc(CCCCC(C)OC(=O)CC)cc2)nc1. The molecular weight excluding hydrogens is 440 g/mol.